The third kappa shape index (κ3) is 2.43. The summed E-state index contributed by atoms with van der Waals surface area (Å²) in [6, 6.07) is 3.78. The van der Waals surface area contributed by atoms with Crippen molar-refractivity contribution in [2.45, 2.75) is 13.1 Å². The second-order valence-corrected chi connectivity index (χ2v) is 3.64. The molecule has 0 amide bonds. The molecule has 0 atom stereocenters. The number of furan rings is 1. The summed E-state index contributed by atoms with van der Waals surface area (Å²) in [4.78, 5) is 11.5. The Morgan fingerprint density at radius 3 is 2.94 bits per heavy atom. The fourth-order valence-corrected chi connectivity index (χ4v) is 1.51. The Morgan fingerprint density at radius 1 is 1.44 bits per heavy atom. The van der Waals surface area contributed by atoms with E-state index in [0.717, 1.165) is 12.3 Å². The summed E-state index contributed by atoms with van der Waals surface area (Å²) in [6.45, 7) is 2.10. The molecular formula is C11H15N3O2. The highest BCUT2D eigenvalue weighted by Gasteiger charge is 1.99. The Balaban J connectivity index is 1.76. The fraction of sp³-hybridized carbons (Fsp3) is 0.364. The lowest BCUT2D eigenvalue weighted by molar-refractivity contribution is 0.474. The van der Waals surface area contributed by atoms with Crippen LogP contribution in [-0.2, 0) is 20.1 Å². The molecule has 16 heavy (non-hydrogen) atoms. The van der Waals surface area contributed by atoms with Gasteiger partial charge >= 0.3 is 5.69 Å². The number of imidazole rings is 1. The molecule has 5 nitrogen and oxygen atoms in total. The van der Waals surface area contributed by atoms with Crippen LogP contribution < -0.4 is 11.0 Å². The second-order valence-electron chi connectivity index (χ2n) is 3.64. The molecule has 1 N–H and O–H groups in total. The summed E-state index contributed by atoms with van der Waals surface area (Å²) in [5.41, 5.74) is 0.0137. The van der Waals surface area contributed by atoms with Gasteiger partial charge in [-0.3, -0.25) is 4.57 Å². The summed E-state index contributed by atoms with van der Waals surface area (Å²) in [6.07, 6.45) is 5.20. The van der Waals surface area contributed by atoms with E-state index in [1.807, 2.05) is 12.1 Å². The highest BCUT2D eigenvalue weighted by molar-refractivity contribution is 4.97. The smallest absolute Gasteiger partial charge is 0.327 e. The minimum Gasteiger partial charge on any atom is -0.468 e. The molecule has 86 valence electrons. The van der Waals surface area contributed by atoms with Gasteiger partial charge in [-0.15, -0.1) is 0 Å². The van der Waals surface area contributed by atoms with Gasteiger partial charge in [-0.05, 0) is 12.1 Å². The molecule has 5 heteroatoms. The summed E-state index contributed by atoms with van der Waals surface area (Å²) in [5, 5.41) is 3.21. The van der Waals surface area contributed by atoms with Crippen LogP contribution in [0, 0.1) is 0 Å². The summed E-state index contributed by atoms with van der Waals surface area (Å²) < 4.78 is 8.42. The lowest BCUT2D eigenvalue weighted by Crippen LogP contribution is -2.27. The minimum absolute atomic E-state index is 0.0137. The number of hydrogen-bond donors (Lipinski definition) is 1. The van der Waals surface area contributed by atoms with E-state index in [1.165, 1.54) is 0 Å². The standard InChI is InChI=1S/C11H15N3O2/c1-13-6-7-14(11(13)15)5-4-12-9-10-3-2-8-16-10/h2-3,6-8,12H,4-5,9H2,1H3. The molecule has 0 aliphatic carbocycles. The van der Waals surface area contributed by atoms with E-state index in [4.69, 9.17) is 4.42 Å². The van der Waals surface area contributed by atoms with Crippen molar-refractivity contribution in [1.29, 1.82) is 0 Å². The third-order valence-electron chi connectivity index (χ3n) is 2.43. The molecule has 2 aromatic rings. The second kappa shape index (κ2) is 4.85. The molecular weight excluding hydrogens is 206 g/mol. The van der Waals surface area contributed by atoms with E-state index < -0.39 is 0 Å². The normalized spacial score (nSPS) is 10.8. The molecule has 0 aromatic carbocycles. The predicted molar refractivity (Wildman–Crippen MR) is 60.1 cm³/mol. The topological polar surface area (TPSA) is 52.1 Å². The van der Waals surface area contributed by atoms with Crippen LogP contribution in [0.25, 0.3) is 0 Å². The molecule has 0 aliphatic rings. The largest absolute Gasteiger partial charge is 0.468 e. The molecule has 2 aromatic heterocycles. The molecule has 0 bridgehead atoms. The van der Waals surface area contributed by atoms with Crippen molar-refractivity contribution in [3.05, 3.63) is 47.0 Å². The predicted octanol–water partition coefficient (Wildman–Crippen LogP) is 0.570. The van der Waals surface area contributed by atoms with Crippen molar-refractivity contribution in [3.63, 3.8) is 0 Å². The number of nitrogens with zero attached hydrogens (tertiary/aromatic N) is 2. The average Bonchev–Trinajstić information content (AvgIpc) is 2.88. The van der Waals surface area contributed by atoms with Crippen LogP contribution in [-0.4, -0.2) is 15.7 Å². The maximum Gasteiger partial charge on any atom is 0.327 e. The van der Waals surface area contributed by atoms with E-state index in [0.29, 0.717) is 13.1 Å². The SMILES string of the molecule is Cn1ccn(CCNCc2ccco2)c1=O. The zero-order chi connectivity index (χ0) is 11.4. The Kier molecular flexibility index (Phi) is 3.26. The highest BCUT2D eigenvalue weighted by Crippen LogP contribution is 1.97. The van der Waals surface area contributed by atoms with Gasteiger partial charge in [-0.25, -0.2) is 4.79 Å². The Bertz CT molecular complexity index is 482. The van der Waals surface area contributed by atoms with Crippen molar-refractivity contribution in [2.24, 2.45) is 7.05 Å². The molecule has 0 aliphatic heterocycles. The molecule has 0 saturated carbocycles. The van der Waals surface area contributed by atoms with Gasteiger partial charge in [0.25, 0.3) is 0 Å². The first kappa shape index (κ1) is 10.8. The van der Waals surface area contributed by atoms with Gasteiger partial charge < -0.3 is 14.3 Å². The number of aryl methyl sites for hydroxylation is 1. The van der Waals surface area contributed by atoms with Gasteiger partial charge in [0, 0.05) is 32.5 Å². The van der Waals surface area contributed by atoms with E-state index in [9.17, 15) is 4.79 Å². The lowest BCUT2D eigenvalue weighted by atomic mass is 10.4. The maximum atomic E-state index is 11.5. The Morgan fingerprint density at radius 2 is 2.31 bits per heavy atom. The van der Waals surface area contributed by atoms with Crippen molar-refractivity contribution in [1.82, 2.24) is 14.5 Å². The number of rotatable bonds is 5. The van der Waals surface area contributed by atoms with E-state index in [2.05, 4.69) is 5.32 Å². The van der Waals surface area contributed by atoms with Crippen LogP contribution in [0.15, 0.2) is 40.0 Å². The lowest BCUT2D eigenvalue weighted by Gasteiger charge is -2.02. The quantitative estimate of drug-likeness (QED) is 0.751. The molecule has 2 heterocycles. The molecule has 0 fully saturated rings. The molecule has 0 spiro atoms. The maximum absolute atomic E-state index is 11.5. The van der Waals surface area contributed by atoms with Crippen molar-refractivity contribution in [2.75, 3.05) is 6.54 Å². The monoisotopic (exact) mass is 221 g/mol. The number of hydrogen-bond acceptors (Lipinski definition) is 3. The van der Waals surface area contributed by atoms with E-state index >= 15 is 0 Å². The molecule has 2 rings (SSSR count). The first-order chi connectivity index (χ1) is 7.77. The van der Waals surface area contributed by atoms with Gasteiger partial charge in [0.15, 0.2) is 0 Å². The van der Waals surface area contributed by atoms with Crippen molar-refractivity contribution < 1.29 is 4.42 Å². The number of aromatic nitrogens is 2. The molecule has 0 radical (unpaired) electrons. The Labute approximate surface area is 93.3 Å². The summed E-state index contributed by atoms with van der Waals surface area (Å²) >= 11 is 0. The fourth-order valence-electron chi connectivity index (χ4n) is 1.51. The third-order valence-corrected chi connectivity index (χ3v) is 2.43. The van der Waals surface area contributed by atoms with Crippen molar-refractivity contribution >= 4 is 0 Å². The van der Waals surface area contributed by atoms with Gasteiger partial charge in [0.2, 0.25) is 0 Å². The van der Waals surface area contributed by atoms with Gasteiger partial charge in [0.05, 0.1) is 12.8 Å². The van der Waals surface area contributed by atoms with Gasteiger partial charge in [0.1, 0.15) is 5.76 Å². The van der Waals surface area contributed by atoms with Gasteiger partial charge in [-0.1, -0.05) is 0 Å². The van der Waals surface area contributed by atoms with Crippen LogP contribution in [0.4, 0.5) is 0 Å². The van der Waals surface area contributed by atoms with Crippen LogP contribution in [0.3, 0.4) is 0 Å². The van der Waals surface area contributed by atoms with Crippen LogP contribution in [0.2, 0.25) is 0 Å². The van der Waals surface area contributed by atoms with Crippen LogP contribution >= 0.6 is 0 Å². The highest BCUT2D eigenvalue weighted by atomic mass is 16.3. The first-order valence-electron chi connectivity index (χ1n) is 5.22. The first-order valence-corrected chi connectivity index (χ1v) is 5.22. The molecule has 0 unspecified atom stereocenters. The van der Waals surface area contributed by atoms with E-state index in [1.54, 1.807) is 34.8 Å². The van der Waals surface area contributed by atoms with Crippen molar-refractivity contribution in [3.8, 4) is 0 Å². The number of nitrogens with one attached hydrogen (secondary N) is 1. The Hall–Kier alpha value is -1.75. The zero-order valence-corrected chi connectivity index (χ0v) is 9.22. The average molecular weight is 221 g/mol. The van der Waals surface area contributed by atoms with Crippen LogP contribution in [0.1, 0.15) is 5.76 Å². The van der Waals surface area contributed by atoms with Crippen LogP contribution in [0.5, 0.6) is 0 Å². The van der Waals surface area contributed by atoms with Gasteiger partial charge in [-0.2, -0.15) is 0 Å². The zero-order valence-electron chi connectivity index (χ0n) is 9.22. The molecule has 0 saturated heterocycles. The minimum atomic E-state index is 0.0137. The summed E-state index contributed by atoms with van der Waals surface area (Å²) in [5.74, 6) is 0.903. The van der Waals surface area contributed by atoms with E-state index in [-0.39, 0.29) is 5.69 Å². The summed E-state index contributed by atoms with van der Waals surface area (Å²) in [7, 11) is 1.75.